The zero-order chi connectivity index (χ0) is 18.1. The number of benzene rings is 1. The largest absolute Gasteiger partial charge is 0.495 e. The number of hydrogen-bond donors (Lipinski definition) is 3. The Labute approximate surface area is 154 Å². The van der Waals surface area contributed by atoms with Crippen LogP contribution in [0.4, 0.5) is 10.5 Å². The highest BCUT2D eigenvalue weighted by molar-refractivity contribution is 5.96. The zero-order valence-electron chi connectivity index (χ0n) is 15.2. The lowest BCUT2D eigenvalue weighted by Crippen LogP contribution is -2.62. The van der Waals surface area contributed by atoms with Crippen LogP contribution in [0.5, 0.6) is 5.75 Å². The molecule has 0 spiro atoms. The number of carbonyl (C=O) groups excluding carboxylic acids is 2. The molecule has 0 aliphatic heterocycles. The predicted molar refractivity (Wildman–Crippen MR) is 99.1 cm³/mol. The molecular formula is C20H27N3O3. The molecule has 3 N–H and O–H groups in total. The minimum atomic E-state index is -0.362. The molecule has 0 radical (unpaired) electrons. The molecule has 0 aromatic heterocycles. The van der Waals surface area contributed by atoms with Gasteiger partial charge in [0.2, 0.25) is 5.91 Å². The molecule has 4 bridgehead atoms. The molecule has 26 heavy (non-hydrogen) atoms. The first kappa shape index (κ1) is 17.2. The van der Waals surface area contributed by atoms with Crippen LogP contribution in [0.3, 0.4) is 0 Å². The van der Waals surface area contributed by atoms with E-state index < -0.39 is 0 Å². The summed E-state index contributed by atoms with van der Waals surface area (Å²) < 4.78 is 5.24. The Balaban J connectivity index is 1.29. The molecule has 0 heterocycles. The molecule has 4 aliphatic carbocycles. The van der Waals surface area contributed by atoms with Crippen LogP contribution in [0.25, 0.3) is 0 Å². The van der Waals surface area contributed by atoms with E-state index in [1.54, 1.807) is 7.11 Å². The average molecular weight is 357 g/mol. The smallest absolute Gasteiger partial charge is 0.321 e. The summed E-state index contributed by atoms with van der Waals surface area (Å²) in [5.74, 6) is 2.58. The molecule has 6 nitrogen and oxygen atoms in total. The number of carbonyl (C=O) groups is 2. The third-order valence-electron chi connectivity index (χ3n) is 6.22. The molecule has 0 saturated heterocycles. The Morgan fingerprint density at radius 1 is 1.08 bits per heavy atom. The fraction of sp³-hybridized carbons (Fsp3) is 0.600. The van der Waals surface area contributed by atoms with Gasteiger partial charge in [-0.25, -0.2) is 4.79 Å². The lowest BCUT2D eigenvalue weighted by atomic mass is 9.53. The van der Waals surface area contributed by atoms with Gasteiger partial charge < -0.3 is 15.4 Å². The first-order valence-electron chi connectivity index (χ1n) is 9.54. The van der Waals surface area contributed by atoms with E-state index in [4.69, 9.17) is 4.74 Å². The minimum Gasteiger partial charge on any atom is -0.495 e. The van der Waals surface area contributed by atoms with Crippen LogP contribution in [-0.4, -0.2) is 31.1 Å². The molecule has 0 unspecified atom stereocenters. The fourth-order valence-electron chi connectivity index (χ4n) is 5.67. The maximum atomic E-state index is 12.4. The second kappa shape index (κ2) is 6.82. The van der Waals surface area contributed by atoms with Crippen LogP contribution < -0.4 is 20.7 Å². The number of hydrogen-bond acceptors (Lipinski definition) is 4. The van der Waals surface area contributed by atoms with E-state index in [1.165, 1.54) is 19.3 Å². The average Bonchev–Trinajstić information content (AvgIpc) is 2.58. The second-order valence-electron chi connectivity index (χ2n) is 8.25. The second-order valence-corrected chi connectivity index (χ2v) is 8.25. The van der Waals surface area contributed by atoms with Crippen LogP contribution in [0.15, 0.2) is 24.3 Å². The molecule has 4 saturated carbocycles. The van der Waals surface area contributed by atoms with Crippen molar-refractivity contribution in [3.05, 3.63) is 24.3 Å². The molecule has 6 heteroatoms. The normalized spacial score (nSPS) is 31.3. The number of para-hydroxylation sites is 2. The molecule has 1 aromatic rings. The first-order valence-corrected chi connectivity index (χ1v) is 9.54. The zero-order valence-corrected chi connectivity index (χ0v) is 15.2. The Bertz CT molecular complexity index is 668. The van der Waals surface area contributed by atoms with Gasteiger partial charge in [-0.3, -0.25) is 10.1 Å². The third-order valence-corrected chi connectivity index (χ3v) is 6.22. The molecular weight excluding hydrogens is 330 g/mol. The summed E-state index contributed by atoms with van der Waals surface area (Å²) >= 11 is 0. The number of urea groups is 1. The summed E-state index contributed by atoms with van der Waals surface area (Å²) in [6, 6.07) is 7.02. The molecule has 5 rings (SSSR count). The summed E-state index contributed by atoms with van der Waals surface area (Å²) in [5, 5.41) is 8.63. The van der Waals surface area contributed by atoms with Crippen molar-refractivity contribution in [2.24, 2.45) is 17.8 Å². The standard InChI is InChI=1S/C20H27N3O3/c1-26-17-5-3-2-4-16(17)21-12-18(24)22-19(25)23-20-9-13-6-14(10-20)8-15(7-13)11-20/h2-5,13-15,21H,6-12H2,1H3,(H2,22,23,24,25). The molecule has 4 aliphatic rings. The summed E-state index contributed by atoms with van der Waals surface area (Å²) in [7, 11) is 1.58. The number of nitrogens with one attached hydrogen (secondary N) is 3. The van der Waals surface area contributed by atoms with Gasteiger partial charge in [0, 0.05) is 5.54 Å². The predicted octanol–water partition coefficient (Wildman–Crippen LogP) is 2.90. The molecule has 140 valence electrons. The first-order chi connectivity index (χ1) is 12.5. The van der Waals surface area contributed by atoms with Gasteiger partial charge in [-0.05, 0) is 68.4 Å². The number of anilines is 1. The molecule has 1 aromatic carbocycles. The van der Waals surface area contributed by atoms with Crippen molar-refractivity contribution >= 4 is 17.6 Å². The van der Waals surface area contributed by atoms with E-state index in [9.17, 15) is 9.59 Å². The monoisotopic (exact) mass is 357 g/mol. The van der Waals surface area contributed by atoms with E-state index in [-0.39, 0.29) is 24.0 Å². The van der Waals surface area contributed by atoms with E-state index >= 15 is 0 Å². The van der Waals surface area contributed by atoms with Crippen LogP contribution in [0.1, 0.15) is 38.5 Å². The van der Waals surface area contributed by atoms with E-state index in [2.05, 4.69) is 16.0 Å². The van der Waals surface area contributed by atoms with Crippen molar-refractivity contribution in [3.63, 3.8) is 0 Å². The van der Waals surface area contributed by atoms with Crippen molar-refractivity contribution in [1.82, 2.24) is 10.6 Å². The summed E-state index contributed by atoms with van der Waals surface area (Å²) in [4.78, 5) is 24.5. The summed E-state index contributed by atoms with van der Waals surface area (Å²) in [6.45, 7) is 0.0225. The Hall–Kier alpha value is -2.24. The minimum absolute atomic E-state index is 0.0225. The Morgan fingerprint density at radius 3 is 2.31 bits per heavy atom. The maximum absolute atomic E-state index is 12.4. The number of amides is 3. The number of imide groups is 1. The van der Waals surface area contributed by atoms with E-state index in [0.717, 1.165) is 42.7 Å². The number of ether oxygens (including phenoxy) is 1. The molecule has 0 atom stereocenters. The van der Waals surface area contributed by atoms with Gasteiger partial charge in [0.05, 0.1) is 19.3 Å². The van der Waals surface area contributed by atoms with Crippen LogP contribution in [0, 0.1) is 17.8 Å². The van der Waals surface area contributed by atoms with Crippen molar-refractivity contribution in [1.29, 1.82) is 0 Å². The number of rotatable bonds is 5. The van der Waals surface area contributed by atoms with Gasteiger partial charge in [0.1, 0.15) is 5.75 Å². The van der Waals surface area contributed by atoms with Crippen molar-refractivity contribution in [2.75, 3.05) is 19.0 Å². The highest BCUT2D eigenvalue weighted by atomic mass is 16.5. The topological polar surface area (TPSA) is 79.5 Å². The molecule has 3 amide bonds. The maximum Gasteiger partial charge on any atom is 0.321 e. The third kappa shape index (κ3) is 3.50. The highest BCUT2D eigenvalue weighted by Crippen LogP contribution is 2.55. The van der Waals surface area contributed by atoms with Gasteiger partial charge in [-0.15, -0.1) is 0 Å². The van der Waals surface area contributed by atoms with Crippen molar-refractivity contribution in [3.8, 4) is 5.75 Å². The van der Waals surface area contributed by atoms with Crippen molar-refractivity contribution in [2.45, 2.75) is 44.1 Å². The van der Waals surface area contributed by atoms with E-state index in [1.807, 2.05) is 24.3 Å². The van der Waals surface area contributed by atoms with Crippen LogP contribution in [-0.2, 0) is 4.79 Å². The van der Waals surface area contributed by atoms with Gasteiger partial charge in [-0.1, -0.05) is 12.1 Å². The Morgan fingerprint density at radius 2 is 1.69 bits per heavy atom. The lowest BCUT2D eigenvalue weighted by molar-refractivity contribution is -0.118. The van der Waals surface area contributed by atoms with Gasteiger partial charge >= 0.3 is 6.03 Å². The lowest BCUT2D eigenvalue weighted by Gasteiger charge is -2.56. The van der Waals surface area contributed by atoms with Crippen LogP contribution >= 0.6 is 0 Å². The molecule has 4 fully saturated rings. The highest BCUT2D eigenvalue weighted by Gasteiger charge is 2.51. The van der Waals surface area contributed by atoms with Gasteiger partial charge in [0.15, 0.2) is 0 Å². The van der Waals surface area contributed by atoms with Crippen molar-refractivity contribution < 1.29 is 14.3 Å². The van der Waals surface area contributed by atoms with Gasteiger partial charge in [-0.2, -0.15) is 0 Å². The van der Waals surface area contributed by atoms with Gasteiger partial charge in [0.25, 0.3) is 0 Å². The summed E-state index contributed by atoms with van der Waals surface area (Å²) in [6.07, 6.45) is 7.18. The van der Waals surface area contributed by atoms with E-state index in [0.29, 0.717) is 5.75 Å². The fourth-order valence-corrected chi connectivity index (χ4v) is 5.67. The Kier molecular flexibility index (Phi) is 4.51. The quantitative estimate of drug-likeness (QED) is 0.757. The summed E-state index contributed by atoms with van der Waals surface area (Å²) in [5.41, 5.74) is 0.640. The van der Waals surface area contributed by atoms with Crippen LogP contribution in [0.2, 0.25) is 0 Å². The number of methoxy groups -OCH3 is 1. The SMILES string of the molecule is COc1ccccc1NCC(=O)NC(=O)NC12CC3CC(CC(C3)C1)C2.